The SMILES string of the molecule is CCOC(=O)C1=C(C)N=c2s/c(=C\c3cc(OC)c(OCc4ccccc4)cc3[N+](=O)[O-])c(=O)n2[C@H]1c1ccc(Cl)cc1. The molecular formula is C31H26ClN3O7S. The molecule has 220 valence electrons. The molecule has 0 saturated heterocycles. The van der Waals surface area contributed by atoms with E-state index >= 15 is 0 Å². The molecule has 1 aliphatic heterocycles. The number of nitro groups is 1. The molecule has 10 nitrogen and oxygen atoms in total. The normalized spacial score (nSPS) is 14.6. The highest BCUT2D eigenvalue weighted by atomic mass is 35.5. The molecule has 0 aliphatic carbocycles. The molecule has 12 heteroatoms. The van der Waals surface area contributed by atoms with Crippen molar-refractivity contribution in [3.05, 3.63) is 130 Å². The number of thiazole rings is 1. The summed E-state index contributed by atoms with van der Waals surface area (Å²) in [6, 6.07) is 18.1. The van der Waals surface area contributed by atoms with E-state index in [9.17, 15) is 19.7 Å². The minimum atomic E-state index is -0.840. The van der Waals surface area contributed by atoms with Gasteiger partial charge in [-0.3, -0.25) is 19.5 Å². The first-order chi connectivity index (χ1) is 20.7. The van der Waals surface area contributed by atoms with E-state index in [1.54, 1.807) is 38.1 Å². The summed E-state index contributed by atoms with van der Waals surface area (Å²) in [4.78, 5) is 43.4. The maximum atomic E-state index is 13.9. The van der Waals surface area contributed by atoms with Gasteiger partial charge in [0.15, 0.2) is 16.3 Å². The minimum absolute atomic E-state index is 0.142. The molecule has 0 amide bonds. The maximum Gasteiger partial charge on any atom is 0.338 e. The van der Waals surface area contributed by atoms with E-state index in [2.05, 4.69) is 4.99 Å². The number of halogens is 1. The molecule has 2 heterocycles. The van der Waals surface area contributed by atoms with Crippen molar-refractivity contribution in [3.8, 4) is 11.5 Å². The lowest BCUT2D eigenvalue weighted by Gasteiger charge is -2.24. The Labute approximate surface area is 254 Å². The van der Waals surface area contributed by atoms with Crippen LogP contribution >= 0.6 is 22.9 Å². The summed E-state index contributed by atoms with van der Waals surface area (Å²) in [7, 11) is 1.43. The lowest BCUT2D eigenvalue weighted by molar-refractivity contribution is -0.385. The number of fused-ring (bicyclic) bond motifs is 1. The van der Waals surface area contributed by atoms with Crippen molar-refractivity contribution in [2.24, 2.45) is 4.99 Å². The summed E-state index contributed by atoms with van der Waals surface area (Å²) >= 11 is 7.17. The van der Waals surface area contributed by atoms with Crippen LogP contribution in [-0.2, 0) is 16.1 Å². The van der Waals surface area contributed by atoms with Gasteiger partial charge >= 0.3 is 5.97 Å². The summed E-state index contributed by atoms with van der Waals surface area (Å²) in [6.07, 6.45) is 1.42. The molecule has 0 spiro atoms. The topological polar surface area (TPSA) is 122 Å². The molecule has 3 aromatic carbocycles. The Balaban J connectivity index is 1.64. The Hall–Kier alpha value is -4.74. The van der Waals surface area contributed by atoms with Crippen molar-refractivity contribution in [3.63, 3.8) is 0 Å². The fourth-order valence-corrected chi connectivity index (χ4v) is 5.90. The molecule has 0 saturated carbocycles. The van der Waals surface area contributed by atoms with Crippen molar-refractivity contribution in [1.82, 2.24) is 4.57 Å². The van der Waals surface area contributed by atoms with Gasteiger partial charge in [0.05, 0.1) is 52.1 Å². The quantitative estimate of drug-likeness (QED) is 0.148. The number of esters is 1. The highest BCUT2D eigenvalue weighted by Gasteiger charge is 2.33. The van der Waals surface area contributed by atoms with E-state index in [0.29, 0.717) is 21.1 Å². The Morgan fingerprint density at radius 1 is 1.14 bits per heavy atom. The molecule has 5 rings (SSSR count). The largest absolute Gasteiger partial charge is 0.493 e. The number of allylic oxidation sites excluding steroid dienone is 1. The van der Waals surface area contributed by atoms with Crippen LogP contribution in [0, 0.1) is 10.1 Å². The number of hydrogen-bond acceptors (Lipinski definition) is 9. The number of hydrogen-bond donors (Lipinski definition) is 0. The fraction of sp³-hybridized carbons (Fsp3) is 0.194. The summed E-state index contributed by atoms with van der Waals surface area (Å²) in [6.45, 7) is 3.69. The highest BCUT2D eigenvalue weighted by molar-refractivity contribution is 7.07. The summed E-state index contributed by atoms with van der Waals surface area (Å²) in [5, 5.41) is 12.6. The highest BCUT2D eigenvalue weighted by Crippen LogP contribution is 2.36. The zero-order valence-corrected chi connectivity index (χ0v) is 25.0. The van der Waals surface area contributed by atoms with Crippen LogP contribution in [-0.4, -0.2) is 29.2 Å². The molecule has 0 N–H and O–H groups in total. The van der Waals surface area contributed by atoms with Gasteiger partial charge in [-0.1, -0.05) is 65.4 Å². The van der Waals surface area contributed by atoms with Crippen molar-refractivity contribution in [1.29, 1.82) is 0 Å². The van der Waals surface area contributed by atoms with Gasteiger partial charge in [-0.15, -0.1) is 0 Å². The first kappa shape index (κ1) is 29.7. The third-order valence-corrected chi connectivity index (χ3v) is 7.97. The molecule has 0 bridgehead atoms. The van der Waals surface area contributed by atoms with Gasteiger partial charge < -0.3 is 14.2 Å². The molecule has 1 atom stereocenters. The van der Waals surface area contributed by atoms with Crippen LogP contribution in [0.15, 0.2) is 87.8 Å². The van der Waals surface area contributed by atoms with Gasteiger partial charge in [0, 0.05) is 5.02 Å². The van der Waals surface area contributed by atoms with Crippen molar-refractivity contribution in [2.75, 3.05) is 13.7 Å². The number of aromatic nitrogens is 1. The monoisotopic (exact) mass is 619 g/mol. The predicted molar refractivity (Wildman–Crippen MR) is 162 cm³/mol. The van der Waals surface area contributed by atoms with Crippen LogP contribution < -0.4 is 24.4 Å². The Morgan fingerprint density at radius 3 is 2.51 bits per heavy atom. The average molecular weight is 620 g/mol. The number of carbonyl (C=O) groups is 1. The van der Waals surface area contributed by atoms with Crippen LogP contribution in [0.2, 0.25) is 5.02 Å². The van der Waals surface area contributed by atoms with E-state index < -0.39 is 22.5 Å². The number of nitro benzene ring substituents is 1. The second-order valence-corrected chi connectivity index (χ2v) is 10.9. The van der Waals surface area contributed by atoms with Crippen LogP contribution in [0.3, 0.4) is 0 Å². The van der Waals surface area contributed by atoms with Crippen LogP contribution in [0.5, 0.6) is 11.5 Å². The fourth-order valence-electron chi connectivity index (χ4n) is 4.74. The number of rotatable bonds is 9. The van der Waals surface area contributed by atoms with Gasteiger partial charge in [-0.2, -0.15) is 0 Å². The van der Waals surface area contributed by atoms with Gasteiger partial charge in [0.1, 0.15) is 6.61 Å². The summed E-state index contributed by atoms with van der Waals surface area (Å²) < 4.78 is 18.2. The first-order valence-electron chi connectivity index (χ1n) is 13.2. The van der Waals surface area contributed by atoms with Gasteiger partial charge in [-0.25, -0.2) is 9.79 Å². The van der Waals surface area contributed by atoms with Crippen molar-refractivity contribution in [2.45, 2.75) is 26.5 Å². The Morgan fingerprint density at radius 2 is 1.86 bits per heavy atom. The molecule has 1 aromatic heterocycles. The second kappa shape index (κ2) is 12.6. The lowest BCUT2D eigenvalue weighted by atomic mass is 9.96. The number of carbonyl (C=O) groups excluding carboxylic acids is 1. The van der Waals surface area contributed by atoms with E-state index in [1.165, 1.54) is 29.9 Å². The minimum Gasteiger partial charge on any atom is -0.493 e. The van der Waals surface area contributed by atoms with Gasteiger partial charge in [0.2, 0.25) is 0 Å². The molecular weight excluding hydrogens is 594 g/mol. The van der Waals surface area contributed by atoms with Crippen LogP contribution in [0.25, 0.3) is 6.08 Å². The average Bonchev–Trinajstić information content (AvgIpc) is 3.30. The van der Waals surface area contributed by atoms with Crippen LogP contribution in [0.4, 0.5) is 5.69 Å². The molecule has 43 heavy (non-hydrogen) atoms. The van der Waals surface area contributed by atoms with E-state index in [1.807, 2.05) is 30.3 Å². The summed E-state index contributed by atoms with van der Waals surface area (Å²) in [5.74, 6) is -0.140. The zero-order chi connectivity index (χ0) is 30.7. The predicted octanol–water partition coefficient (Wildman–Crippen LogP) is 4.95. The van der Waals surface area contributed by atoms with Gasteiger partial charge in [-0.05, 0) is 49.2 Å². The van der Waals surface area contributed by atoms with E-state index in [0.717, 1.165) is 16.9 Å². The smallest absolute Gasteiger partial charge is 0.338 e. The molecule has 0 radical (unpaired) electrons. The van der Waals surface area contributed by atoms with Crippen molar-refractivity contribution >= 4 is 40.7 Å². The third-order valence-electron chi connectivity index (χ3n) is 6.74. The lowest BCUT2D eigenvalue weighted by Crippen LogP contribution is -2.39. The second-order valence-electron chi connectivity index (χ2n) is 9.45. The number of methoxy groups -OCH3 is 1. The van der Waals surface area contributed by atoms with E-state index in [-0.39, 0.29) is 46.1 Å². The van der Waals surface area contributed by atoms with Gasteiger partial charge in [0.25, 0.3) is 11.2 Å². The maximum absolute atomic E-state index is 13.9. The summed E-state index contributed by atoms with van der Waals surface area (Å²) in [5.41, 5.74) is 1.52. The Bertz CT molecular complexity index is 1920. The number of benzene rings is 3. The third kappa shape index (κ3) is 6.08. The molecule has 1 aliphatic rings. The molecule has 4 aromatic rings. The standard InChI is InChI=1S/C31H26ClN3O7S/c1-4-41-30(37)27-18(2)33-31-34(28(27)20-10-12-22(32)13-11-20)29(36)26(43-31)15-21-14-24(40-3)25(16-23(21)35(38)39)42-17-19-8-6-5-7-9-19/h5-16,28H,4,17H2,1-3H3/b26-15-/t28-/m0/s1. The molecule has 0 fully saturated rings. The first-order valence-corrected chi connectivity index (χ1v) is 14.4. The van der Waals surface area contributed by atoms with Crippen molar-refractivity contribution < 1.29 is 23.9 Å². The van der Waals surface area contributed by atoms with E-state index in [4.69, 9.17) is 25.8 Å². The molecule has 0 unspecified atom stereocenters. The van der Waals surface area contributed by atoms with Crippen LogP contribution in [0.1, 0.15) is 36.6 Å². The number of ether oxygens (including phenoxy) is 3. The number of nitrogens with zero attached hydrogens (tertiary/aromatic N) is 3. The Kier molecular flexibility index (Phi) is 8.74. The zero-order valence-electron chi connectivity index (χ0n) is 23.4.